The zero-order valence-electron chi connectivity index (χ0n) is 14.9. The molecule has 1 saturated heterocycles. The minimum atomic E-state index is -0.204. The van der Waals surface area contributed by atoms with Gasteiger partial charge in [-0.1, -0.05) is 0 Å². The fourth-order valence-electron chi connectivity index (χ4n) is 2.66. The van der Waals surface area contributed by atoms with Gasteiger partial charge in [-0.15, -0.1) is 0 Å². The van der Waals surface area contributed by atoms with E-state index in [1.807, 2.05) is 0 Å². The van der Waals surface area contributed by atoms with E-state index in [2.05, 4.69) is 5.32 Å². The molecule has 1 rings (SSSR count). The Labute approximate surface area is 143 Å². The molecule has 8 heteroatoms. The first-order chi connectivity index (χ1) is 11.5. The zero-order valence-corrected chi connectivity index (χ0v) is 14.9. The van der Waals surface area contributed by atoms with Gasteiger partial charge in [0.2, 0.25) is 11.8 Å². The number of piperidine rings is 1. The van der Waals surface area contributed by atoms with Crippen molar-refractivity contribution in [2.24, 2.45) is 5.92 Å². The van der Waals surface area contributed by atoms with Gasteiger partial charge in [0.1, 0.15) is 0 Å². The van der Waals surface area contributed by atoms with Gasteiger partial charge in [-0.05, 0) is 26.3 Å². The van der Waals surface area contributed by atoms with Gasteiger partial charge in [0.15, 0.2) is 0 Å². The molecular weight excluding hydrogens is 314 g/mol. The van der Waals surface area contributed by atoms with Crippen LogP contribution in [0, 0.1) is 5.92 Å². The van der Waals surface area contributed by atoms with Crippen LogP contribution in [0.3, 0.4) is 0 Å². The van der Waals surface area contributed by atoms with Crippen molar-refractivity contribution in [1.82, 2.24) is 15.1 Å². The summed E-state index contributed by atoms with van der Waals surface area (Å²) in [6, 6.07) is 0. The van der Waals surface area contributed by atoms with Crippen molar-refractivity contribution in [3.05, 3.63) is 0 Å². The molecule has 0 bridgehead atoms. The Morgan fingerprint density at radius 3 is 2.42 bits per heavy atom. The van der Waals surface area contributed by atoms with Crippen molar-refractivity contribution < 1.29 is 23.9 Å². The van der Waals surface area contributed by atoms with Crippen LogP contribution in [0.15, 0.2) is 0 Å². The summed E-state index contributed by atoms with van der Waals surface area (Å²) in [4.78, 5) is 38.9. The molecule has 0 aromatic heterocycles. The number of nitrogens with zero attached hydrogens (tertiary/aromatic N) is 2. The maximum atomic E-state index is 12.3. The number of ether oxygens (including phenoxy) is 2. The van der Waals surface area contributed by atoms with Crippen LogP contribution in [-0.2, 0) is 23.9 Å². The Morgan fingerprint density at radius 2 is 1.83 bits per heavy atom. The fraction of sp³-hybridized carbons (Fsp3) is 0.812. The van der Waals surface area contributed by atoms with Crippen LogP contribution < -0.4 is 5.32 Å². The summed E-state index contributed by atoms with van der Waals surface area (Å²) >= 11 is 0. The molecule has 8 nitrogen and oxygen atoms in total. The Balaban J connectivity index is 2.24. The number of methoxy groups -OCH3 is 2. The summed E-state index contributed by atoms with van der Waals surface area (Å²) in [7, 11) is 4.75. The van der Waals surface area contributed by atoms with Gasteiger partial charge in [-0.25, -0.2) is 0 Å². The number of hydrogen-bond acceptors (Lipinski definition) is 6. The number of rotatable bonds is 9. The molecule has 0 unspecified atom stereocenters. The normalized spacial score (nSPS) is 15.4. The summed E-state index contributed by atoms with van der Waals surface area (Å²) in [5.41, 5.74) is 0. The van der Waals surface area contributed by atoms with Crippen molar-refractivity contribution in [3.8, 4) is 0 Å². The van der Waals surface area contributed by atoms with Crippen molar-refractivity contribution in [2.45, 2.75) is 19.3 Å². The molecule has 1 fully saturated rings. The molecule has 0 saturated carbocycles. The third-order valence-corrected chi connectivity index (χ3v) is 4.05. The van der Waals surface area contributed by atoms with Gasteiger partial charge in [-0.3, -0.25) is 19.3 Å². The highest BCUT2D eigenvalue weighted by Gasteiger charge is 2.28. The maximum Gasteiger partial charge on any atom is 0.308 e. The maximum absolute atomic E-state index is 12.3. The van der Waals surface area contributed by atoms with Crippen LogP contribution in [0.1, 0.15) is 19.3 Å². The smallest absolute Gasteiger partial charge is 0.308 e. The van der Waals surface area contributed by atoms with E-state index in [4.69, 9.17) is 9.47 Å². The highest BCUT2D eigenvalue weighted by Crippen LogP contribution is 2.18. The predicted molar refractivity (Wildman–Crippen MR) is 88.3 cm³/mol. The van der Waals surface area contributed by atoms with Crippen LogP contribution in [0.25, 0.3) is 0 Å². The topological polar surface area (TPSA) is 88.2 Å². The van der Waals surface area contributed by atoms with E-state index in [0.717, 1.165) is 6.42 Å². The first kappa shape index (κ1) is 20.4. The lowest BCUT2D eigenvalue weighted by Crippen LogP contribution is -2.46. The second-order valence-electron chi connectivity index (χ2n) is 6.05. The molecule has 0 aliphatic carbocycles. The lowest BCUT2D eigenvalue weighted by Gasteiger charge is -2.31. The summed E-state index contributed by atoms with van der Waals surface area (Å²) in [5.74, 6) is -0.446. The van der Waals surface area contributed by atoms with Crippen molar-refractivity contribution in [1.29, 1.82) is 0 Å². The molecule has 0 aromatic rings. The second kappa shape index (κ2) is 11.0. The lowest BCUT2D eigenvalue weighted by atomic mass is 9.97. The Hall–Kier alpha value is -1.67. The average Bonchev–Trinajstić information content (AvgIpc) is 2.58. The van der Waals surface area contributed by atoms with Gasteiger partial charge < -0.3 is 19.7 Å². The number of amides is 2. The lowest BCUT2D eigenvalue weighted by molar-refractivity contribution is -0.149. The molecule has 138 valence electrons. The van der Waals surface area contributed by atoms with E-state index < -0.39 is 0 Å². The van der Waals surface area contributed by atoms with Crippen LogP contribution in [-0.4, -0.2) is 88.2 Å². The Morgan fingerprint density at radius 1 is 1.17 bits per heavy atom. The molecule has 1 aliphatic rings. The number of hydrogen-bond donors (Lipinski definition) is 1. The monoisotopic (exact) mass is 343 g/mol. The quantitative estimate of drug-likeness (QED) is 0.448. The van der Waals surface area contributed by atoms with Crippen molar-refractivity contribution in [2.75, 3.05) is 60.6 Å². The minimum absolute atomic E-state index is 0.0204. The standard InChI is InChI=1S/C16H29N3O5/c1-18(11-14(20)17-7-4-10-23-2)12-15(21)19-8-5-13(6-9-19)16(22)24-3/h13H,4-12H2,1-3H3,(H,17,20). The minimum Gasteiger partial charge on any atom is -0.469 e. The van der Waals surface area contributed by atoms with Gasteiger partial charge >= 0.3 is 5.97 Å². The number of nitrogens with one attached hydrogen (secondary N) is 1. The van der Waals surface area contributed by atoms with Crippen LogP contribution in [0.5, 0.6) is 0 Å². The molecular formula is C16H29N3O5. The first-order valence-corrected chi connectivity index (χ1v) is 8.27. The molecule has 24 heavy (non-hydrogen) atoms. The highest BCUT2D eigenvalue weighted by atomic mass is 16.5. The SMILES string of the molecule is COCCCNC(=O)CN(C)CC(=O)N1CCC(C(=O)OC)CC1. The van der Waals surface area contributed by atoms with Crippen molar-refractivity contribution in [3.63, 3.8) is 0 Å². The largest absolute Gasteiger partial charge is 0.469 e. The van der Waals surface area contributed by atoms with Crippen LogP contribution >= 0.6 is 0 Å². The number of carbonyl (C=O) groups is 3. The van der Waals surface area contributed by atoms with Crippen LogP contribution in [0.4, 0.5) is 0 Å². The molecule has 1 heterocycles. The molecule has 0 radical (unpaired) electrons. The highest BCUT2D eigenvalue weighted by molar-refractivity contribution is 5.81. The van der Waals surface area contributed by atoms with E-state index in [1.54, 1.807) is 24.0 Å². The number of carbonyl (C=O) groups excluding carboxylic acids is 3. The first-order valence-electron chi connectivity index (χ1n) is 8.27. The number of likely N-dealkylation sites (tertiary alicyclic amines) is 1. The van der Waals surface area contributed by atoms with E-state index in [9.17, 15) is 14.4 Å². The van der Waals surface area contributed by atoms with E-state index in [-0.39, 0.29) is 36.8 Å². The molecule has 0 aromatic carbocycles. The van der Waals surface area contributed by atoms with E-state index in [1.165, 1.54) is 7.11 Å². The zero-order chi connectivity index (χ0) is 17.9. The molecule has 1 N–H and O–H groups in total. The number of likely N-dealkylation sites (N-methyl/N-ethyl adjacent to an activating group) is 1. The van der Waals surface area contributed by atoms with Gasteiger partial charge in [0, 0.05) is 33.4 Å². The van der Waals surface area contributed by atoms with Crippen LogP contribution in [0.2, 0.25) is 0 Å². The van der Waals surface area contributed by atoms with Gasteiger partial charge in [0.05, 0.1) is 26.1 Å². The predicted octanol–water partition coefficient (Wildman–Crippen LogP) is -0.517. The number of esters is 1. The van der Waals surface area contributed by atoms with Gasteiger partial charge in [0.25, 0.3) is 0 Å². The van der Waals surface area contributed by atoms with Gasteiger partial charge in [-0.2, -0.15) is 0 Å². The summed E-state index contributed by atoms with van der Waals surface area (Å²) in [6.45, 7) is 2.64. The Bertz CT molecular complexity index is 422. The fourth-order valence-corrected chi connectivity index (χ4v) is 2.66. The second-order valence-corrected chi connectivity index (χ2v) is 6.05. The van der Waals surface area contributed by atoms with E-state index in [0.29, 0.717) is 39.1 Å². The third-order valence-electron chi connectivity index (χ3n) is 4.05. The molecule has 0 spiro atoms. The molecule has 0 atom stereocenters. The molecule has 1 aliphatic heterocycles. The van der Waals surface area contributed by atoms with Crippen molar-refractivity contribution >= 4 is 17.8 Å². The summed E-state index contributed by atoms with van der Waals surface area (Å²) in [6.07, 6.45) is 2.02. The van der Waals surface area contributed by atoms with E-state index >= 15 is 0 Å². The third kappa shape index (κ3) is 7.27. The summed E-state index contributed by atoms with van der Waals surface area (Å²) in [5, 5.41) is 2.79. The average molecular weight is 343 g/mol. The molecule has 2 amide bonds. The summed E-state index contributed by atoms with van der Waals surface area (Å²) < 4.78 is 9.65. The Kier molecular flexibility index (Phi) is 9.33.